The lowest BCUT2D eigenvalue weighted by Crippen LogP contribution is -2.35. The van der Waals surface area contributed by atoms with Crippen LogP contribution in [0.25, 0.3) is 0 Å². The molecule has 1 aliphatic carbocycles. The lowest BCUT2D eigenvalue weighted by Gasteiger charge is -2.35. The predicted molar refractivity (Wildman–Crippen MR) is 49.0 cm³/mol. The van der Waals surface area contributed by atoms with E-state index >= 15 is 0 Å². The summed E-state index contributed by atoms with van der Waals surface area (Å²) < 4.78 is 5.67. The summed E-state index contributed by atoms with van der Waals surface area (Å²) in [4.78, 5) is 0. The average Bonchev–Trinajstić information content (AvgIpc) is 2.04. The largest absolute Gasteiger partial charge is 0.376 e. The maximum atomic E-state index is 5.67. The van der Waals surface area contributed by atoms with Gasteiger partial charge in [0, 0.05) is 11.0 Å². The molecule has 0 amide bonds. The van der Waals surface area contributed by atoms with Crippen LogP contribution in [0.15, 0.2) is 12.2 Å². The van der Waals surface area contributed by atoms with Crippen molar-refractivity contribution in [2.24, 2.45) is 0 Å². The molecule has 2 atom stereocenters. The van der Waals surface area contributed by atoms with E-state index in [0.29, 0.717) is 6.10 Å². The van der Waals surface area contributed by atoms with Crippen LogP contribution in [0.3, 0.4) is 0 Å². The van der Waals surface area contributed by atoms with E-state index < -0.39 is 0 Å². The zero-order valence-corrected chi connectivity index (χ0v) is 7.53. The third kappa shape index (κ3) is 1.62. The molecule has 1 nitrogen and oxygen atoms in total. The monoisotopic (exact) mass is 170 g/mol. The first-order valence-corrected chi connectivity index (χ1v) is 5.31. The fourth-order valence-corrected chi connectivity index (χ4v) is 2.98. The minimum Gasteiger partial charge on any atom is -0.376 e. The molecule has 1 aliphatic heterocycles. The molecular weight excluding hydrogens is 156 g/mol. The Balaban J connectivity index is 1.98. The van der Waals surface area contributed by atoms with Crippen LogP contribution in [0.1, 0.15) is 19.3 Å². The maximum absolute atomic E-state index is 5.67. The van der Waals surface area contributed by atoms with Gasteiger partial charge in [0.25, 0.3) is 0 Å². The van der Waals surface area contributed by atoms with Crippen molar-refractivity contribution in [3.8, 4) is 0 Å². The molecule has 62 valence electrons. The normalized spacial score (nSPS) is 38.4. The predicted octanol–water partition coefficient (Wildman–Crippen LogP) is 2.23. The summed E-state index contributed by atoms with van der Waals surface area (Å²) in [6.07, 6.45) is 4.11. The Labute approximate surface area is 72.2 Å². The third-order valence-corrected chi connectivity index (χ3v) is 3.80. The SMILES string of the molecule is C=C1CCC2SCCOC2C1. The molecule has 0 aromatic carbocycles. The molecule has 2 unspecified atom stereocenters. The summed E-state index contributed by atoms with van der Waals surface area (Å²) >= 11 is 2.08. The standard InChI is InChI=1S/C9H14OS/c1-7-2-3-9-8(6-7)10-4-5-11-9/h8-9H,1-6H2. The van der Waals surface area contributed by atoms with E-state index in [-0.39, 0.29) is 0 Å². The zero-order chi connectivity index (χ0) is 7.68. The number of thioether (sulfide) groups is 1. The highest BCUT2D eigenvalue weighted by molar-refractivity contribution is 8.00. The summed E-state index contributed by atoms with van der Waals surface area (Å²) in [6.45, 7) is 4.96. The molecule has 1 saturated carbocycles. The van der Waals surface area contributed by atoms with Crippen LogP contribution >= 0.6 is 11.8 Å². The second-order valence-corrected chi connectivity index (χ2v) is 4.66. The first-order chi connectivity index (χ1) is 5.36. The summed E-state index contributed by atoms with van der Waals surface area (Å²) in [6, 6.07) is 0. The van der Waals surface area contributed by atoms with Crippen molar-refractivity contribution >= 4 is 11.8 Å². The van der Waals surface area contributed by atoms with Crippen LogP contribution in [-0.2, 0) is 4.74 Å². The first-order valence-electron chi connectivity index (χ1n) is 4.26. The smallest absolute Gasteiger partial charge is 0.0731 e. The minimum absolute atomic E-state index is 0.495. The Bertz CT molecular complexity index is 167. The van der Waals surface area contributed by atoms with Gasteiger partial charge in [0.2, 0.25) is 0 Å². The van der Waals surface area contributed by atoms with Gasteiger partial charge < -0.3 is 4.74 Å². The second-order valence-electron chi connectivity index (χ2n) is 3.31. The van der Waals surface area contributed by atoms with Crippen molar-refractivity contribution < 1.29 is 4.74 Å². The van der Waals surface area contributed by atoms with Crippen LogP contribution in [0.4, 0.5) is 0 Å². The van der Waals surface area contributed by atoms with Crippen LogP contribution in [0, 0.1) is 0 Å². The highest BCUT2D eigenvalue weighted by Gasteiger charge is 2.30. The molecule has 0 aromatic rings. The molecule has 11 heavy (non-hydrogen) atoms. The molecule has 2 fully saturated rings. The van der Waals surface area contributed by atoms with Gasteiger partial charge >= 0.3 is 0 Å². The fourth-order valence-electron chi connectivity index (χ4n) is 1.81. The van der Waals surface area contributed by atoms with Gasteiger partial charge in [-0.2, -0.15) is 11.8 Å². The molecule has 2 rings (SSSR count). The molecular formula is C9H14OS. The Kier molecular flexibility index (Phi) is 2.23. The highest BCUT2D eigenvalue weighted by Crippen LogP contribution is 2.35. The van der Waals surface area contributed by atoms with Crippen molar-refractivity contribution in [1.82, 2.24) is 0 Å². The van der Waals surface area contributed by atoms with Crippen LogP contribution in [0.2, 0.25) is 0 Å². The Morgan fingerprint density at radius 2 is 2.45 bits per heavy atom. The number of hydrogen-bond donors (Lipinski definition) is 0. The molecule has 1 heterocycles. The molecule has 1 saturated heterocycles. The number of rotatable bonds is 0. The maximum Gasteiger partial charge on any atom is 0.0731 e. The van der Waals surface area contributed by atoms with Gasteiger partial charge in [-0.3, -0.25) is 0 Å². The van der Waals surface area contributed by atoms with Crippen molar-refractivity contribution in [3.63, 3.8) is 0 Å². The van der Waals surface area contributed by atoms with Crippen LogP contribution in [0.5, 0.6) is 0 Å². The zero-order valence-electron chi connectivity index (χ0n) is 6.71. The van der Waals surface area contributed by atoms with Gasteiger partial charge in [0.1, 0.15) is 0 Å². The van der Waals surface area contributed by atoms with Gasteiger partial charge in [0.05, 0.1) is 12.7 Å². The summed E-state index contributed by atoms with van der Waals surface area (Å²) in [5.74, 6) is 1.19. The third-order valence-electron chi connectivity index (χ3n) is 2.43. The van der Waals surface area contributed by atoms with E-state index in [2.05, 4.69) is 18.3 Å². The quantitative estimate of drug-likeness (QED) is 0.516. The van der Waals surface area contributed by atoms with Crippen molar-refractivity contribution in [1.29, 1.82) is 0 Å². The minimum atomic E-state index is 0.495. The highest BCUT2D eigenvalue weighted by atomic mass is 32.2. The van der Waals surface area contributed by atoms with E-state index in [9.17, 15) is 0 Å². The molecule has 0 aromatic heterocycles. The molecule has 2 heteroatoms. The lowest BCUT2D eigenvalue weighted by atomic mass is 9.93. The van der Waals surface area contributed by atoms with Crippen molar-refractivity contribution in [3.05, 3.63) is 12.2 Å². The Morgan fingerprint density at radius 3 is 3.36 bits per heavy atom. The number of hydrogen-bond acceptors (Lipinski definition) is 2. The summed E-state index contributed by atoms with van der Waals surface area (Å²) in [5.41, 5.74) is 1.38. The lowest BCUT2D eigenvalue weighted by molar-refractivity contribution is 0.0476. The van der Waals surface area contributed by atoms with Gasteiger partial charge in [-0.05, 0) is 19.3 Å². The van der Waals surface area contributed by atoms with E-state index in [0.717, 1.165) is 18.3 Å². The van der Waals surface area contributed by atoms with Crippen molar-refractivity contribution in [2.75, 3.05) is 12.4 Å². The van der Waals surface area contributed by atoms with Gasteiger partial charge in [-0.25, -0.2) is 0 Å². The topological polar surface area (TPSA) is 9.23 Å². The summed E-state index contributed by atoms with van der Waals surface area (Å²) in [5, 5.41) is 0.772. The van der Waals surface area contributed by atoms with Gasteiger partial charge in [-0.15, -0.1) is 0 Å². The molecule has 0 bridgehead atoms. The molecule has 0 N–H and O–H groups in total. The van der Waals surface area contributed by atoms with Crippen LogP contribution in [-0.4, -0.2) is 23.7 Å². The van der Waals surface area contributed by atoms with Gasteiger partial charge in [0.15, 0.2) is 0 Å². The van der Waals surface area contributed by atoms with E-state index in [4.69, 9.17) is 4.74 Å². The molecule has 2 aliphatic rings. The van der Waals surface area contributed by atoms with Crippen LogP contribution < -0.4 is 0 Å². The first kappa shape index (κ1) is 7.69. The van der Waals surface area contributed by atoms with Gasteiger partial charge in [-0.1, -0.05) is 12.2 Å². The summed E-state index contributed by atoms with van der Waals surface area (Å²) in [7, 11) is 0. The Hall–Kier alpha value is 0.0500. The van der Waals surface area contributed by atoms with E-state index in [1.54, 1.807) is 0 Å². The fraction of sp³-hybridized carbons (Fsp3) is 0.778. The molecule has 0 spiro atoms. The second kappa shape index (κ2) is 3.20. The average molecular weight is 170 g/mol. The molecule has 0 radical (unpaired) electrons. The Morgan fingerprint density at radius 1 is 1.55 bits per heavy atom. The number of ether oxygens (including phenoxy) is 1. The van der Waals surface area contributed by atoms with E-state index in [1.165, 1.54) is 24.2 Å². The van der Waals surface area contributed by atoms with Crippen molar-refractivity contribution in [2.45, 2.75) is 30.6 Å². The van der Waals surface area contributed by atoms with E-state index in [1.807, 2.05) is 0 Å². The number of fused-ring (bicyclic) bond motifs is 1.